The van der Waals surface area contributed by atoms with Crippen molar-refractivity contribution in [2.24, 2.45) is 4.99 Å². The molecule has 0 unspecified atom stereocenters. The molecule has 0 atom stereocenters. The third-order valence-corrected chi connectivity index (χ3v) is 1.88. The highest BCUT2D eigenvalue weighted by Gasteiger charge is 2.03. The molecular weight excluding hydrogens is 154 g/mol. The predicted molar refractivity (Wildman–Crippen MR) is 44.8 cm³/mol. The lowest BCUT2D eigenvalue weighted by molar-refractivity contribution is 0.563. The molecule has 12 heavy (non-hydrogen) atoms. The van der Waals surface area contributed by atoms with E-state index in [-0.39, 0.29) is 0 Å². The molecule has 1 aromatic heterocycles. The molecule has 1 rings (SSSR count). The quantitative estimate of drug-likeness (QED) is 0.534. The minimum atomic E-state index is 0.467. The Morgan fingerprint density at radius 1 is 1.58 bits per heavy atom. The van der Waals surface area contributed by atoms with Crippen LogP contribution in [-0.4, -0.2) is 22.8 Å². The molecule has 0 bridgehead atoms. The van der Waals surface area contributed by atoms with E-state index in [1.807, 2.05) is 13.8 Å². The number of hydrogen-bond donors (Lipinski definition) is 1. The second kappa shape index (κ2) is 3.83. The highest BCUT2D eigenvalue weighted by molar-refractivity contribution is 5.33. The number of carbonyl (C=O) groups excluding carboxylic acids is 1. The number of aliphatic imine (C=N–C) groups is 1. The zero-order chi connectivity index (χ0) is 8.97. The van der Waals surface area contributed by atoms with Gasteiger partial charge < -0.3 is 0 Å². The summed E-state index contributed by atoms with van der Waals surface area (Å²) in [6.07, 6.45) is 2.20. The van der Waals surface area contributed by atoms with Crippen molar-refractivity contribution in [1.82, 2.24) is 10.2 Å². The van der Waals surface area contributed by atoms with E-state index in [2.05, 4.69) is 15.2 Å². The first-order valence-corrected chi connectivity index (χ1v) is 3.79. The Morgan fingerprint density at radius 2 is 2.33 bits per heavy atom. The predicted octanol–water partition coefficient (Wildman–Crippen LogP) is 0.905. The minimum Gasteiger partial charge on any atom is -0.282 e. The Labute approximate surface area is 70.7 Å². The Morgan fingerprint density at radius 3 is 2.83 bits per heavy atom. The van der Waals surface area contributed by atoms with E-state index < -0.39 is 0 Å². The lowest BCUT2D eigenvalue weighted by Crippen LogP contribution is -1.91. The van der Waals surface area contributed by atoms with Gasteiger partial charge >= 0.3 is 0 Å². The van der Waals surface area contributed by atoms with Gasteiger partial charge in [-0.15, -0.1) is 0 Å². The molecule has 0 spiro atoms. The zero-order valence-corrected chi connectivity index (χ0v) is 7.22. The fraction of sp³-hybridized carbons (Fsp3) is 0.500. The van der Waals surface area contributed by atoms with Crippen LogP contribution in [0.2, 0.25) is 0 Å². The van der Waals surface area contributed by atoms with Crippen LogP contribution in [0.4, 0.5) is 0 Å². The molecule has 0 radical (unpaired) electrons. The molecule has 0 aliphatic carbocycles. The standard InChI is InChI=1S/C8H11N3O/c1-6-7(2)10-11-8(6)3-4-9-5-12/h3-4H2,1-2H3,(H,10,11). The van der Waals surface area contributed by atoms with Gasteiger partial charge in [-0.3, -0.25) is 5.10 Å². The molecule has 4 nitrogen and oxygen atoms in total. The van der Waals surface area contributed by atoms with E-state index in [4.69, 9.17) is 0 Å². The van der Waals surface area contributed by atoms with Crippen molar-refractivity contribution in [3.05, 3.63) is 17.0 Å². The van der Waals surface area contributed by atoms with E-state index >= 15 is 0 Å². The van der Waals surface area contributed by atoms with Gasteiger partial charge in [0.1, 0.15) is 0 Å². The van der Waals surface area contributed by atoms with Crippen LogP contribution in [0.5, 0.6) is 0 Å². The Hall–Kier alpha value is -1.41. The fourth-order valence-corrected chi connectivity index (χ4v) is 0.986. The number of H-pyrrole nitrogens is 1. The van der Waals surface area contributed by atoms with E-state index in [1.54, 1.807) is 0 Å². The smallest absolute Gasteiger partial charge is 0.234 e. The summed E-state index contributed by atoms with van der Waals surface area (Å²) in [6.45, 7) is 4.43. The highest BCUT2D eigenvalue weighted by atomic mass is 16.1. The number of aromatic amines is 1. The van der Waals surface area contributed by atoms with Gasteiger partial charge in [0.2, 0.25) is 6.08 Å². The maximum absolute atomic E-state index is 9.77. The van der Waals surface area contributed by atoms with E-state index in [0.717, 1.165) is 17.0 Å². The summed E-state index contributed by atoms with van der Waals surface area (Å²) >= 11 is 0. The first-order chi connectivity index (χ1) is 5.75. The van der Waals surface area contributed by atoms with E-state index in [9.17, 15) is 4.79 Å². The average molecular weight is 165 g/mol. The summed E-state index contributed by atoms with van der Waals surface area (Å²) in [6, 6.07) is 0. The van der Waals surface area contributed by atoms with Crippen molar-refractivity contribution in [2.75, 3.05) is 6.54 Å². The Balaban J connectivity index is 2.63. The number of isocyanates is 1. The van der Waals surface area contributed by atoms with Gasteiger partial charge in [-0.2, -0.15) is 5.10 Å². The van der Waals surface area contributed by atoms with Crippen molar-refractivity contribution in [1.29, 1.82) is 0 Å². The van der Waals surface area contributed by atoms with Crippen LogP contribution in [0.3, 0.4) is 0 Å². The molecule has 4 heteroatoms. The van der Waals surface area contributed by atoms with Crippen LogP contribution in [0.25, 0.3) is 0 Å². The fourth-order valence-electron chi connectivity index (χ4n) is 0.986. The highest BCUT2D eigenvalue weighted by Crippen LogP contribution is 2.08. The molecular formula is C8H11N3O. The lowest BCUT2D eigenvalue weighted by atomic mass is 10.2. The van der Waals surface area contributed by atoms with Crippen molar-refractivity contribution < 1.29 is 4.79 Å². The molecule has 0 aromatic carbocycles. The first kappa shape index (κ1) is 8.68. The topological polar surface area (TPSA) is 58.1 Å². The molecule has 1 heterocycles. The summed E-state index contributed by atoms with van der Waals surface area (Å²) in [5.41, 5.74) is 3.20. The molecule has 0 aliphatic heterocycles. The molecule has 0 saturated heterocycles. The monoisotopic (exact) mass is 165 g/mol. The third-order valence-electron chi connectivity index (χ3n) is 1.88. The van der Waals surface area contributed by atoms with Crippen LogP contribution >= 0.6 is 0 Å². The minimum absolute atomic E-state index is 0.467. The maximum atomic E-state index is 9.77. The SMILES string of the molecule is Cc1[nH]nc(CCN=C=O)c1C. The summed E-state index contributed by atoms with van der Waals surface area (Å²) in [5, 5.41) is 6.95. The molecule has 0 amide bonds. The van der Waals surface area contributed by atoms with Crippen molar-refractivity contribution in [2.45, 2.75) is 20.3 Å². The molecule has 1 N–H and O–H groups in total. The summed E-state index contributed by atoms with van der Waals surface area (Å²) < 4.78 is 0. The molecule has 0 fully saturated rings. The number of rotatable bonds is 3. The van der Waals surface area contributed by atoms with Gasteiger partial charge in [-0.1, -0.05) is 0 Å². The molecule has 0 saturated carbocycles. The van der Waals surface area contributed by atoms with Crippen molar-refractivity contribution in [3.8, 4) is 0 Å². The van der Waals surface area contributed by atoms with Gasteiger partial charge in [0.25, 0.3) is 0 Å². The number of hydrogen-bond acceptors (Lipinski definition) is 3. The molecule has 0 aliphatic rings. The van der Waals surface area contributed by atoms with Gasteiger partial charge in [0.05, 0.1) is 12.2 Å². The lowest BCUT2D eigenvalue weighted by Gasteiger charge is -1.92. The maximum Gasteiger partial charge on any atom is 0.234 e. The van der Waals surface area contributed by atoms with Crippen molar-refractivity contribution >= 4 is 6.08 Å². The summed E-state index contributed by atoms with van der Waals surface area (Å²) in [4.78, 5) is 13.2. The van der Waals surface area contributed by atoms with Crippen LogP contribution < -0.4 is 0 Å². The summed E-state index contributed by atoms with van der Waals surface area (Å²) in [7, 11) is 0. The number of nitrogens with one attached hydrogen (secondary N) is 1. The van der Waals surface area contributed by atoms with E-state index in [1.165, 1.54) is 6.08 Å². The van der Waals surface area contributed by atoms with Crippen molar-refractivity contribution in [3.63, 3.8) is 0 Å². The normalized spacial score (nSPS) is 9.50. The molecule has 1 aromatic rings. The number of nitrogens with zero attached hydrogens (tertiary/aromatic N) is 2. The Kier molecular flexibility index (Phi) is 2.77. The number of aryl methyl sites for hydroxylation is 1. The Bertz CT molecular complexity index is 310. The zero-order valence-electron chi connectivity index (χ0n) is 7.22. The van der Waals surface area contributed by atoms with Gasteiger partial charge in [0, 0.05) is 12.1 Å². The van der Waals surface area contributed by atoms with Crippen LogP contribution in [-0.2, 0) is 11.2 Å². The van der Waals surface area contributed by atoms with Crippen LogP contribution in [0.15, 0.2) is 4.99 Å². The second-order valence-corrected chi connectivity index (χ2v) is 2.64. The van der Waals surface area contributed by atoms with Gasteiger partial charge in [0.15, 0.2) is 0 Å². The largest absolute Gasteiger partial charge is 0.282 e. The summed E-state index contributed by atoms with van der Waals surface area (Å²) in [5.74, 6) is 0. The third kappa shape index (κ3) is 1.80. The number of aromatic nitrogens is 2. The van der Waals surface area contributed by atoms with Crippen LogP contribution in [0, 0.1) is 13.8 Å². The molecule has 64 valence electrons. The average Bonchev–Trinajstić information content (AvgIpc) is 2.36. The van der Waals surface area contributed by atoms with Crippen LogP contribution in [0.1, 0.15) is 17.0 Å². The van der Waals surface area contributed by atoms with Gasteiger partial charge in [-0.05, 0) is 19.4 Å². The second-order valence-electron chi connectivity index (χ2n) is 2.64. The van der Waals surface area contributed by atoms with Gasteiger partial charge in [-0.25, -0.2) is 9.79 Å². The first-order valence-electron chi connectivity index (χ1n) is 3.79. The van der Waals surface area contributed by atoms with E-state index in [0.29, 0.717) is 13.0 Å².